The molecule has 4 aromatic rings. The van der Waals surface area contributed by atoms with Crippen molar-refractivity contribution < 1.29 is 9.72 Å². The van der Waals surface area contributed by atoms with E-state index in [1.807, 2.05) is 11.1 Å². The summed E-state index contributed by atoms with van der Waals surface area (Å²) in [7, 11) is 0. The number of hydrazone groups is 1. The Morgan fingerprint density at radius 1 is 0.829 bits per heavy atom. The zero-order valence-electron chi connectivity index (χ0n) is 23.0. The molecule has 1 atom stereocenters. The monoisotopic (exact) mass is 579 g/mol. The largest absolute Gasteiger partial charge is 0.292 e. The van der Waals surface area contributed by atoms with Crippen molar-refractivity contribution in [2.75, 3.05) is 5.01 Å². The third kappa shape index (κ3) is 4.37. The maximum atomic E-state index is 12.8. The van der Waals surface area contributed by atoms with Crippen molar-refractivity contribution in [2.24, 2.45) is 5.10 Å². The van der Waals surface area contributed by atoms with Gasteiger partial charge in [-0.2, -0.15) is 5.10 Å². The number of hydrogen-bond donors (Lipinski definition) is 0. The molecule has 6 rings (SSSR count). The zero-order chi connectivity index (χ0) is 28.8. The lowest BCUT2D eigenvalue weighted by Crippen LogP contribution is -2.34. The van der Waals surface area contributed by atoms with E-state index in [0.29, 0.717) is 10.7 Å². The van der Waals surface area contributed by atoms with E-state index in [4.69, 9.17) is 5.10 Å². The number of rotatable bonds is 7. The van der Waals surface area contributed by atoms with Crippen LogP contribution in [0.1, 0.15) is 54.2 Å². The van der Waals surface area contributed by atoms with Gasteiger partial charge < -0.3 is 0 Å². The molecular weight excluding hydrogens is 551 g/mol. The average molecular weight is 580 g/mol. The number of anilines is 1. The summed E-state index contributed by atoms with van der Waals surface area (Å²) in [5.74, 6) is -0.117. The van der Waals surface area contributed by atoms with E-state index in [1.165, 1.54) is 41.9 Å². The van der Waals surface area contributed by atoms with Gasteiger partial charge in [-0.15, -0.1) is 0 Å². The van der Waals surface area contributed by atoms with Gasteiger partial charge in [-0.3, -0.25) is 14.9 Å². The Bertz CT molecular complexity index is 1620. The second kappa shape index (κ2) is 10.5. The van der Waals surface area contributed by atoms with E-state index < -0.39 is 13.9 Å². The summed E-state index contributed by atoms with van der Waals surface area (Å²) in [6.45, 7) is 5.84. The molecule has 0 unspecified atom stereocenters. The predicted molar refractivity (Wildman–Crippen MR) is 169 cm³/mol. The molecule has 0 aromatic heterocycles. The number of nitro groups is 1. The van der Waals surface area contributed by atoms with Crippen LogP contribution in [0.2, 0.25) is 0 Å². The molecule has 41 heavy (non-hydrogen) atoms. The fourth-order valence-corrected chi connectivity index (χ4v) is 9.16. The number of benzene rings is 4. The van der Waals surface area contributed by atoms with Crippen LogP contribution < -0.4 is 5.01 Å². The van der Waals surface area contributed by atoms with Crippen molar-refractivity contribution in [1.29, 1.82) is 0 Å². The molecule has 0 bridgehead atoms. The standard InChI is InChI=1S/C33H29N3O3S2/c1-4-23-10-14-25(15-11-23)32(26-16-12-24(5-2)13-17-26)29-8-6-7-9-30(29)33(41-32)35(34-31(40-33)22(3)37)27-18-20-28(21-19-27)36(38)39/h6-21H,4-5H2,1-3H3/t33-/m0/s1. The van der Waals surface area contributed by atoms with Crippen molar-refractivity contribution in [3.05, 3.63) is 141 Å². The highest BCUT2D eigenvalue weighted by Gasteiger charge is 2.61. The van der Waals surface area contributed by atoms with Crippen molar-refractivity contribution in [3.8, 4) is 0 Å². The van der Waals surface area contributed by atoms with E-state index in [-0.39, 0.29) is 11.5 Å². The lowest BCUT2D eigenvalue weighted by Gasteiger charge is -2.37. The number of fused-ring (bicyclic) bond motifs is 2. The van der Waals surface area contributed by atoms with Gasteiger partial charge in [-0.05, 0) is 52.8 Å². The molecule has 6 nitrogen and oxygen atoms in total. The topological polar surface area (TPSA) is 75.8 Å². The van der Waals surface area contributed by atoms with Gasteiger partial charge in [0.1, 0.15) is 0 Å². The van der Waals surface area contributed by atoms with E-state index in [2.05, 4.69) is 80.6 Å². The molecule has 0 amide bonds. The van der Waals surface area contributed by atoms with Crippen LogP contribution >= 0.6 is 23.5 Å². The number of carbonyl (C=O) groups excluding carboxylic acids is 1. The molecule has 0 aliphatic carbocycles. The third-order valence-corrected chi connectivity index (χ3v) is 11.2. The lowest BCUT2D eigenvalue weighted by atomic mass is 9.81. The van der Waals surface area contributed by atoms with Gasteiger partial charge in [-0.25, -0.2) is 5.01 Å². The summed E-state index contributed by atoms with van der Waals surface area (Å²) < 4.78 is -1.41. The second-order valence-corrected chi connectivity index (χ2v) is 13.0. The van der Waals surface area contributed by atoms with Gasteiger partial charge in [0.05, 0.1) is 15.4 Å². The highest BCUT2D eigenvalue weighted by molar-refractivity contribution is 8.27. The van der Waals surface area contributed by atoms with Crippen LogP contribution in [0.5, 0.6) is 0 Å². The van der Waals surface area contributed by atoms with Gasteiger partial charge in [-0.1, -0.05) is 110 Å². The molecule has 4 aromatic carbocycles. The van der Waals surface area contributed by atoms with Crippen LogP contribution in [0.4, 0.5) is 11.4 Å². The molecule has 2 aliphatic rings. The summed E-state index contributed by atoms with van der Waals surface area (Å²) in [5.41, 5.74) is 7.70. The van der Waals surface area contributed by atoms with E-state index >= 15 is 0 Å². The first-order chi connectivity index (χ1) is 19.8. The fourth-order valence-electron chi connectivity index (χ4n) is 5.60. The molecule has 0 radical (unpaired) electrons. The molecule has 0 fully saturated rings. The maximum Gasteiger partial charge on any atom is 0.269 e. The summed E-state index contributed by atoms with van der Waals surface area (Å²) in [6, 6.07) is 32.4. The summed E-state index contributed by atoms with van der Waals surface area (Å²) in [5, 5.41) is 18.5. The average Bonchev–Trinajstić information content (AvgIpc) is 3.54. The molecule has 0 saturated carbocycles. The normalized spacial score (nSPS) is 18.8. The Balaban J connectivity index is 1.61. The van der Waals surface area contributed by atoms with Crippen molar-refractivity contribution in [1.82, 2.24) is 0 Å². The fraction of sp³-hybridized carbons (Fsp3) is 0.212. The first kappa shape index (κ1) is 27.3. The molecule has 1 spiro atoms. The van der Waals surface area contributed by atoms with Crippen LogP contribution in [0.25, 0.3) is 0 Å². The Hall–Kier alpha value is -3.88. The van der Waals surface area contributed by atoms with Crippen LogP contribution in [0.15, 0.2) is 102 Å². The van der Waals surface area contributed by atoms with Gasteiger partial charge in [0.2, 0.25) is 0 Å². The minimum absolute atomic E-state index is 0.00581. The number of ketones is 1. The van der Waals surface area contributed by atoms with E-state index in [9.17, 15) is 14.9 Å². The molecular formula is C33H29N3O3S2. The number of aryl methyl sites for hydroxylation is 2. The Kier molecular flexibility index (Phi) is 6.99. The quantitative estimate of drug-likeness (QED) is 0.163. The van der Waals surface area contributed by atoms with E-state index in [1.54, 1.807) is 23.9 Å². The second-order valence-electron chi connectivity index (χ2n) is 10.2. The molecule has 2 aliphatic heterocycles. The predicted octanol–water partition coefficient (Wildman–Crippen LogP) is 8.02. The number of carbonyl (C=O) groups is 1. The number of Topliss-reactive ketones (excluding diaryl/α,β-unsaturated/α-hetero) is 1. The van der Waals surface area contributed by atoms with Crippen LogP contribution in [-0.4, -0.2) is 15.8 Å². The minimum atomic E-state index is -0.819. The van der Waals surface area contributed by atoms with Gasteiger partial charge in [0, 0.05) is 24.6 Å². The van der Waals surface area contributed by atoms with Gasteiger partial charge in [0.15, 0.2) is 15.0 Å². The lowest BCUT2D eigenvalue weighted by molar-refractivity contribution is -0.384. The highest BCUT2D eigenvalue weighted by Crippen LogP contribution is 2.70. The number of hydrogen-bond acceptors (Lipinski definition) is 7. The number of non-ortho nitro benzene ring substituents is 1. The molecule has 2 heterocycles. The first-order valence-corrected chi connectivity index (χ1v) is 15.3. The highest BCUT2D eigenvalue weighted by atomic mass is 32.2. The van der Waals surface area contributed by atoms with Gasteiger partial charge >= 0.3 is 0 Å². The molecule has 8 heteroatoms. The number of nitrogens with zero attached hydrogens (tertiary/aromatic N) is 3. The van der Waals surface area contributed by atoms with Crippen molar-refractivity contribution in [2.45, 2.75) is 42.6 Å². The summed E-state index contributed by atoms with van der Waals surface area (Å²) >= 11 is 3.20. The number of thioether (sulfide) groups is 2. The van der Waals surface area contributed by atoms with E-state index in [0.717, 1.165) is 35.1 Å². The van der Waals surface area contributed by atoms with Crippen molar-refractivity contribution >= 4 is 45.7 Å². The SMILES string of the molecule is CCc1ccc(C2(c3ccc(CC)cc3)S[C@@]3(SC(C(C)=O)=NN3c3ccc([N+](=O)[O-])cc3)c3ccccc32)cc1. The van der Waals surface area contributed by atoms with Crippen LogP contribution in [0.3, 0.4) is 0 Å². The molecule has 206 valence electrons. The Morgan fingerprint density at radius 2 is 1.37 bits per heavy atom. The summed E-state index contributed by atoms with van der Waals surface area (Å²) in [4.78, 5) is 23.8. The smallest absolute Gasteiger partial charge is 0.269 e. The van der Waals surface area contributed by atoms with Gasteiger partial charge in [0.25, 0.3) is 5.69 Å². The Labute approximate surface area is 248 Å². The molecule has 0 N–H and O–H groups in total. The maximum absolute atomic E-state index is 12.8. The first-order valence-electron chi connectivity index (χ1n) is 13.6. The van der Waals surface area contributed by atoms with Crippen LogP contribution in [0, 0.1) is 10.1 Å². The number of nitro benzene ring substituents is 1. The van der Waals surface area contributed by atoms with Crippen LogP contribution in [-0.2, 0) is 26.6 Å². The van der Waals surface area contributed by atoms with Crippen molar-refractivity contribution in [3.63, 3.8) is 0 Å². The Morgan fingerprint density at radius 3 is 1.85 bits per heavy atom. The zero-order valence-corrected chi connectivity index (χ0v) is 24.7. The molecule has 0 saturated heterocycles. The summed E-state index contributed by atoms with van der Waals surface area (Å²) in [6.07, 6.45) is 1.90. The minimum Gasteiger partial charge on any atom is -0.292 e. The third-order valence-electron chi connectivity index (χ3n) is 7.79.